The van der Waals surface area contributed by atoms with Gasteiger partial charge < -0.3 is 15.5 Å². The fraction of sp³-hybridized carbons (Fsp3) is 0.111. The fourth-order valence-electron chi connectivity index (χ4n) is 1.50. The summed E-state index contributed by atoms with van der Waals surface area (Å²) in [7, 11) is 0. The van der Waals surface area contributed by atoms with Gasteiger partial charge in [-0.15, -0.1) is 9.46 Å². The molecule has 1 aromatic carbocycles. The summed E-state index contributed by atoms with van der Waals surface area (Å²) in [5.41, 5.74) is -2.38. The molecule has 0 aliphatic heterocycles. The second-order valence-corrected chi connectivity index (χ2v) is 4.39. The Bertz CT molecular complexity index is 693. The molecule has 0 aliphatic carbocycles. The third kappa shape index (κ3) is 2.08. The third-order valence-electron chi connectivity index (χ3n) is 2.39. The lowest BCUT2D eigenvalue weighted by Crippen LogP contribution is -2.40. The van der Waals surface area contributed by atoms with E-state index in [9.17, 15) is 28.7 Å². The van der Waals surface area contributed by atoms with Crippen LogP contribution in [0.25, 0.3) is 11.0 Å². The lowest BCUT2D eigenvalue weighted by molar-refractivity contribution is -0.664. The van der Waals surface area contributed by atoms with Crippen molar-refractivity contribution < 1.29 is 27.7 Å². The first-order valence-electron chi connectivity index (χ1n) is 4.62. The third-order valence-corrected chi connectivity index (χ3v) is 3.09. The van der Waals surface area contributed by atoms with Gasteiger partial charge in [-0.3, -0.25) is 0 Å². The highest BCUT2D eigenvalue weighted by Crippen LogP contribution is 2.36. The molecule has 5 nitrogen and oxygen atoms in total. The molecular weight excluding hydrogens is 309 g/mol. The number of rotatable bonds is 0. The molecule has 102 valence electrons. The maximum Gasteiger partial charge on any atom is 0.460 e. The van der Waals surface area contributed by atoms with Crippen molar-refractivity contribution >= 4 is 35.3 Å². The molecule has 0 radical (unpaired) electrons. The zero-order valence-corrected chi connectivity index (χ0v) is 10.4. The van der Waals surface area contributed by atoms with E-state index in [2.05, 4.69) is 12.6 Å². The van der Waals surface area contributed by atoms with Crippen molar-refractivity contribution in [2.24, 2.45) is 0 Å². The molecule has 0 unspecified atom stereocenters. The largest absolute Gasteiger partial charge is 0.617 e. The second-order valence-electron chi connectivity index (χ2n) is 3.55. The molecule has 0 atom stereocenters. The second kappa shape index (κ2) is 4.20. The molecule has 2 rings (SSSR count). The lowest BCUT2D eigenvalue weighted by atomic mass is 10.2. The van der Waals surface area contributed by atoms with Crippen LogP contribution in [0.3, 0.4) is 0 Å². The molecule has 0 saturated heterocycles. The molecule has 0 saturated carbocycles. The van der Waals surface area contributed by atoms with Gasteiger partial charge in [0.1, 0.15) is 0 Å². The number of nitrogens with zero attached hydrogens (tertiary/aromatic N) is 2. The van der Waals surface area contributed by atoms with Gasteiger partial charge in [0.05, 0.1) is 10.6 Å². The Hall–Kier alpha value is -1.61. The van der Waals surface area contributed by atoms with Crippen LogP contribution in [-0.2, 0) is 6.18 Å². The van der Waals surface area contributed by atoms with Crippen molar-refractivity contribution in [1.29, 1.82) is 0 Å². The summed E-state index contributed by atoms with van der Waals surface area (Å²) in [6, 6.07) is 1.09. The van der Waals surface area contributed by atoms with Gasteiger partial charge in [-0.1, -0.05) is 24.2 Å². The minimum absolute atomic E-state index is 0.00815. The van der Waals surface area contributed by atoms with E-state index in [1.807, 2.05) is 0 Å². The molecule has 10 heteroatoms. The van der Waals surface area contributed by atoms with Crippen molar-refractivity contribution in [3.05, 3.63) is 33.1 Å². The van der Waals surface area contributed by atoms with Gasteiger partial charge >= 0.3 is 17.1 Å². The average molecular weight is 313 g/mol. The molecule has 1 heterocycles. The Kier molecular flexibility index (Phi) is 3.06. The van der Waals surface area contributed by atoms with Gasteiger partial charge in [0.2, 0.25) is 0 Å². The van der Waals surface area contributed by atoms with E-state index in [1.165, 1.54) is 0 Å². The Morgan fingerprint density at radius 3 is 2.21 bits per heavy atom. The summed E-state index contributed by atoms with van der Waals surface area (Å²) in [6.45, 7) is 0. The van der Waals surface area contributed by atoms with Gasteiger partial charge in [-0.25, -0.2) is 0 Å². The number of aromatic hydroxyl groups is 1. The van der Waals surface area contributed by atoms with E-state index in [0.717, 1.165) is 0 Å². The van der Waals surface area contributed by atoms with Crippen molar-refractivity contribution in [1.82, 2.24) is 0 Å². The van der Waals surface area contributed by atoms with Crippen LogP contribution in [0.1, 0.15) is 5.56 Å². The summed E-state index contributed by atoms with van der Waals surface area (Å²) >= 11 is 9.02. The van der Waals surface area contributed by atoms with Gasteiger partial charge in [0.15, 0.2) is 0 Å². The highest BCUT2D eigenvalue weighted by atomic mass is 35.5. The number of benzene rings is 1. The van der Waals surface area contributed by atoms with E-state index < -0.39 is 38.7 Å². The molecular formula is C9H4ClF3N2O3S. The Balaban J connectivity index is 2.95. The number of hydrogen-bond donors (Lipinski definition) is 2. The van der Waals surface area contributed by atoms with E-state index >= 15 is 0 Å². The summed E-state index contributed by atoms with van der Waals surface area (Å²) in [4.78, 5) is 0. The van der Waals surface area contributed by atoms with Crippen molar-refractivity contribution in [3.8, 4) is 5.88 Å². The van der Waals surface area contributed by atoms with Gasteiger partial charge in [0, 0.05) is 12.1 Å². The molecule has 1 aromatic heterocycles. The Morgan fingerprint density at radius 1 is 1.16 bits per heavy atom. The quantitative estimate of drug-likeness (QED) is 0.442. The molecule has 2 aromatic rings. The summed E-state index contributed by atoms with van der Waals surface area (Å²) in [5.74, 6) is -1.10. The van der Waals surface area contributed by atoms with Gasteiger partial charge in [-0.05, 0) is 0 Å². The van der Waals surface area contributed by atoms with E-state index in [4.69, 9.17) is 11.6 Å². The predicted octanol–water partition coefficient (Wildman–Crippen LogP) is 1.77. The highest BCUT2D eigenvalue weighted by Gasteiger charge is 2.37. The monoisotopic (exact) mass is 312 g/mol. The van der Waals surface area contributed by atoms with Crippen molar-refractivity contribution in [2.45, 2.75) is 11.2 Å². The molecule has 0 spiro atoms. The first kappa shape index (κ1) is 13.8. The lowest BCUT2D eigenvalue weighted by Gasteiger charge is -2.11. The predicted molar refractivity (Wildman–Crippen MR) is 60.8 cm³/mol. The maximum absolute atomic E-state index is 12.6. The van der Waals surface area contributed by atoms with Crippen LogP contribution in [-0.4, -0.2) is 5.11 Å². The zero-order chi connectivity index (χ0) is 14.5. The number of alkyl halides is 3. The van der Waals surface area contributed by atoms with E-state index in [0.29, 0.717) is 12.1 Å². The fourth-order valence-corrected chi connectivity index (χ4v) is 1.97. The standard InChI is InChI=1S/C9H4ClF3N2O3S/c10-4-2-6-5(1-3(4)9(11,12)13)14(17)7(16)8(19)15(6)18/h1-2,16,19H. The maximum atomic E-state index is 12.6. The zero-order valence-electron chi connectivity index (χ0n) is 8.77. The normalized spacial score (nSPS) is 12.1. The van der Waals surface area contributed by atoms with Crippen LogP contribution in [0.5, 0.6) is 5.88 Å². The SMILES string of the molecule is [O-][n+]1c(O)c(S)[n+]([O-])c2cc(Cl)c(C(F)(F)F)cc21. The van der Waals surface area contributed by atoms with Crippen molar-refractivity contribution in [3.63, 3.8) is 0 Å². The number of hydrogen-bond acceptors (Lipinski definition) is 4. The van der Waals surface area contributed by atoms with Gasteiger partial charge in [-0.2, -0.15) is 13.2 Å². The molecule has 1 N–H and O–H groups in total. The molecule has 0 aliphatic rings. The van der Waals surface area contributed by atoms with Crippen LogP contribution in [0.4, 0.5) is 13.2 Å². The number of fused-ring (bicyclic) bond motifs is 1. The molecule has 19 heavy (non-hydrogen) atoms. The number of aromatic nitrogens is 2. The van der Waals surface area contributed by atoms with Crippen LogP contribution < -0.4 is 9.46 Å². The minimum Gasteiger partial charge on any atom is -0.617 e. The molecule has 0 amide bonds. The van der Waals surface area contributed by atoms with Crippen LogP contribution in [0, 0.1) is 10.4 Å². The van der Waals surface area contributed by atoms with Gasteiger partial charge in [0.25, 0.3) is 11.0 Å². The molecule has 0 fully saturated rings. The van der Waals surface area contributed by atoms with E-state index in [-0.39, 0.29) is 9.46 Å². The highest BCUT2D eigenvalue weighted by molar-refractivity contribution is 7.80. The Labute approximate surface area is 114 Å². The van der Waals surface area contributed by atoms with Crippen LogP contribution in [0.2, 0.25) is 5.02 Å². The number of halogens is 4. The average Bonchev–Trinajstić information content (AvgIpc) is 2.31. The first-order valence-corrected chi connectivity index (χ1v) is 5.44. The Morgan fingerprint density at radius 2 is 1.68 bits per heavy atom. The van der Waals surface area contributed by atoms with Crippen molar-refractivity contribution in [2.75, 3.05) is 0 Å². The minimum atomic E-state index is -4.79. The van der Waals surface area contributed by atoms with Crippen LogP contribution >= 0.6 is 24.2 Å². The first-order chi connectivity index (χ1) is 8.64. The number of thiol groups is 1. The molecule has 0 bridgehead atoms. The van der Waals surface area contributed by atoms with Crippen LogP contribution in [0.15, 0.2) is 17.2 Å². The topological polar surface area (TPSA) is 74.1 Å². The summed E-state index contributed by atoms with van der Waals surface area (Å²) < 4.78 is 37.7. The summed E-state index contributed by atoms with van der Waals surface area (Å²) in [5, 5.41) is 31.1. The smallest absolute Gasteiger partial charge is 0.460 e. The summed E-state index contributed by atoms with van der Waals surface area (Å²) in [6.07, 6.45) is -4.79. The van der Waals surface area contributed by atoms with E-state index in [1.54, 1.807) is 0 Å².